The third-order valence-corrected chi connectivity index (χ3v) is 4.18. The van der Waals surface area contributed by atoms with Crippen LogP contribution in [0.1, 0.15) is 31.4 Å². The maximum atomic E-state index is 14.5. The van der Waals surface area contributed by atoms with Gasteiger partial charge >= 0.3 is 0 Å². The summed E-state index contributed by atoms with van der Waals surface area (Å²) in [7, 11) is 0. The maximum absolute atomic E-state index is 14.5. The number of halogens is 2. The molecule has 1 fully saturated rings. The van der Waals surface area contributed by atoms with Crippen LogP contribution < -0.4 is 4.90 Å². The quantitative estimate of drug-likeness (QED) is 0.870. The number of carbonyl (C=O) groups excluding carboxylic acids is 1. The highest BCUT2D eigenvalue weighted by Crippen LogP contribution is 2.33. The van der Waals surface area contributed by atoms with Gasteiger partial charge in [0, 0.05) is 24.7 Å². The number of hydrogen-bond donors (Lipinski definition) is 1. The molecule has 2 heterocycles. The molecule has 0 spiro atoms. The molecular weight excluding hydrogens is 319 g/mol. The zero-order chi connectivity index (χ0) is 16.6. The Bertz CT molecular complexity index is 764. The fourth-order valence-electron chi connectivity index (χ4n) is 2.83. The van der Waals surface area contributed by atoms with Crippen LogP contribution in [0.25, 0.3) is 11.1 Å². The van der Waals surface area contributed by atoms with Crippen molar-refractivity contribution in [1.82, 2.24) is 4.98 Å². The molecule has 0 aliphatic carbocycles. The van der Waals surface area contributed by atoms with Gasteiger partial charge in [0.25, 0.3) is 0 Å². The lowest BCUT2D eigenvalue weighted by atomic mass is 9.98. The Morgan fingerprint density at radius 3 is 2.78 bits per heavy atom. The Morgan fingerprint density at radius 2 is 2.17 bits per heavy atom. The van der Waals surface area contributed by atoms with E-state index in [2.05, 4.69) is 4.98 Å². The van der Waals surface area contributed by atoms with Crippen LogP contribution in [0.4, 0.5) is 10.1 Å². The average Bonchev–Trinajstić information content (AvgIpc) is 2.93. The number of aliphatic hydroxyl groups excluding tert-OH is 1. The first-order valence-corrected chi connectivity index (χ1v) is 7.79. The minimum atomic E-state index is -0.756. The second-order valence-corrected chi connectivity index (χ2v) is 5.97. The smallest absolute Gasteiger partial charge is 0.227 e. The molecule has 1 N–H and O–H groups in total. The predicted octanol–water partition coefficient (Wildman–Crippen LogP) is 3.72. The van der Waals surface area contributed by atoms with Crippen LogP contribution in [0.3, 0.4) is 0 Å². The van der Waals surface area contributed by atoms with Crippen molar-refractivity contribution in [3.63, 3.8) is 0 Å². The van der Waals surface area contributed by atoms with E-state index in [4.69, 9.17) is 11.6 Å². The number of aromatic nitrogens is 1. The van der Waals surface area contributed by atoms with Crippen molar-refractivity contribution >= 4 is 23.2 Å². The van der Waals surface area contributed by atoms with E-state index >= 15 is 0 Å². The Labute approximate surface area is 138 Å². The van der Waals surface area contributed by atoms with Crippen LogP contribution in [0.2, 0.25) is 5.15 Å². The summed E-state index contributed by atoms with van der Waals surface area (Å²) < 4.78 is 14.5. The zero-order valence-corrected chi connectivity index (χ0v) is 13.3. The molecule has 1 aromatic carbocycles. The van der Waals surface area contributed by atoms with Gasteiger partial charge < -0.3 is 10.0 Å². The molecule has 120 valence electrons. The zero-order valence-electron chi connectivity index (χ0n) is 12.6. The van der Waals surface area contributed by atoms with Crippen LogP contribution in [0.15, 0.2) is 30.5 Å². The molecule has 3 rings (SSSR count). The fraction of sp³-hybridized carbons (Fsp3) is 0.294. The Kier molecular flexibility index (Phi) is 4.33. The molecule has 4 nitrogen and oxygen atoms in total. The van der Waals surface area contributed by atoms with Gasteiger partial charge in [-0.15, -0.1) is 0 Å². The van der Waals surface area contributed by atoms with E-state index in [1.165, 1.54) is 17.2 Å². The number of hydrogen-bond acceptors (Lipinski definition) is 3. The Morgan fingerprint density at radius 1 is 1.39 bits per heavy atom. The highest BCUT2D eigenvalue weighted by atomic mass is 35.5. The number of pyridine rings is 1. The molecule has 0 radical (unpaired) electrons. The van der Waals surface area contributed by atoms with Crippen LogP contribution >= 0.6 is 11.6 Å². The normalized spacial score (nSPS) is 16.0. The third-order valence-electron chi connectivity index (χ3n) is 3.98. The average molecular weight is 335 g/mol. The van der Waals surface area contributed by atoms with Gasteiger partial charge in [-0.3, -0.25) is 4.79 Å². The van der Waals surface area contributed by atoms with Crippen molar-refractivity contribution in [3.05, 3.63) is 47.0 Å². The van der Waals surface area contributed by atoms with Crippen LogP contribution in [0, 0.1) is 5.82 Å². The van der Waals surface area contributed by atoms with Crippen molar-refractivity contribution in [2.24, 2.45) is 0 Å². The first-order valence-electron chi connectivity index (χ1n) is 7.41. The van der Waals surface area contributed by atoms with Gasteiger partial charge in [-0.1, -0.05) is 17.7 Å². The van der Waals surface area contributed by atoms with Gasteiger partial charge in [-0.25, -0.2) is 9.37 Å². The monoisotopic (exact) mass is 334 g/mol. The van der Waals surface area contributed by atoms with Crippen molar-refractivity contribution in [3.8, 4) is 11.1 Å². The van der Waals surface area contributed by atoms with Gasteiger partial charge in [0.1, 0.15) is 11.0 Å². The molecule has 6 heteroatoms. The lowest BCUT2D eigenvalue weighted by Crippen LogP contribution is -2.24. The van der Waals surface area contributed by atoms with E-state index in [0.29, 0.717) is 29.7 Å². The Hall–Kier alpha value is -1.98. The van der Waals surface area contributed by atoms with Crippen molar-refractivity contribution in [2.45, 2.75) is 25.9 Å². The van der Waals surface area contributed by atoms with E-state index in [9.17, 15) is 14.3 Å². The first-order chi connectivity index (χ1) is 11.0. The number of aliphatic hydroxyl groups is 1. The standard InChI is InChI=1S/C17H16ClFN2O2/c1-10(22)12-8-16(18)20-9-13(12)11-4-5-15(14(19)7-11)21-6-2-3-17(21)23/h4-5,7-10,22H,2-3,6H2,1H3. The number of nitrogens with zero attached hydrogens (tertiary/aromatic N) is 2. The largest absolute Gasteiger partial charge is 0.389 e. The van der Waals surface area contributed by atoms with Crippen molar-refractivity contribution in [1.29, 1.82) is 0 Å². The molecule has 1 saturated heterocycles. The molecule has 0 bridgehead atoms. The van der Waals surface area contributed by atoms with Crippen LogP contribution in [-0.2, 0) is 4.79 Å². The first kappa shape index (κ1) is 15.9. The summed E-state index contributed by atoms with van der Waals surface area (Å²) in [6, 6.07) is 6.24. The van der Waals surface area contributed by atoms with Gasteiger partial charge in [0.05, 0.1) is 11.8 Å². The fourth-order valence-corrected chi connectivity index (χ4v) is 2.99. The van der Waals surface area contributed by atoms with E-state index < -0.39 is 11.9 Å². The number of benzene rings is 1. The predicted molar refractivity (Wildman–Crippen MR) is 86.9 cm³/mol. The van der Waals surface area contributed by atoms with E-state index in [0.717, 1.165) is 6.42 Å². The second kappa shape index (κ2) is 6.26. The molecule has 1 amide bonds. The molecule has 1 aromatic heterocycles. The summed E-state index contributed by atoms with van der Waals surface area (Å²) in [5.41, 5.74) is 2.06. The molecule has 0 saturated carbocycles. The van der Waals surface area contributed by atoms with E-state index in [1.54, 1.807) is 25.1 Å². The molecular formula is C17H16ClFN2O2. The van der Waals surface area contributed by atoms with Crippen molar-refractivity contribution < 1.29 is 14.3 Å². The molecule has 1 aliphatic rings. The summed E-state index contributed by atoms with van der Waals surface area (Å²) in [6.07, 6.45) is 1.95. The summed E-state index contributed by atoms with van der Waals surface area (Å²) in [6.45, 7) is 2.15. The van der Waals surface area contributed by atoms with Gasteiger partial charge in [0.2, 0.25) is 5.91 Å². The minimum Gasteiger partial charge on any atom is -0.389 e. The number of anilines is 1. The highest BCUT2D eigenvalue weighted by molar-refractivity contribution is 6.29. The van der Waals surface area contributed by atoms with Gasteiger partial charge in [-0.05, 0) is 42.7 Å². The number of amides is 1. The molecule has 1 aliphatic heterocycles. The van der Waals surface area contributed by atoms with Gasteiger partial charge in [0.15, 0.2) is 0 Å². The second-order valence-electron chi connectivity index (χ2n) is 5.59. The lowest BCUT2D eigenvalue weighted by Gasteiger charge is -2.18. The van der Waals surface area contributed by atoms with E-state index in [1.807, 2.05) is 0 Å². The minimum absolute atomic E-state index is 0.0607. The summed E-state index contributed by atoms with van der Waals surface area (Å²) in [4.78, 5) is 17.2. The summed E-state index contributed by atoms with van der Waals surface area (Å²) >= 11 is 5.87. The third kappa shape index (κ3) is 3.07. The topological polar surface area (TPSA) is 53.4 Å². The molecule has 2 aromatic rings. The SMILES string of the molecule is CC(O)c1cc(Cl)ncc1-c1ccc(N2CCCC2=O)c(F)c1. The molecule has 23 heavy (non-hydrogen) atoms. The van der Waals surface area contributed by atoms with E-state index in [-0.39, 0.29) is 16.7 Å². The summed E-state index contributed by atoms with van der Waals surface area (Å²) in [5, 5.41) is 10.2. The van der Waals surface area contributed by atoms with Crippen LogP contribution in [0.5, 0.6) is 0 Å². The highest BCUT2D eigenvalue weighted by Gasteiger charge is 2.24. The number of rotatable bonds is 3. The van der Waals surface area contributed by atoms with Crippen LogP contribution in [-0.4, -0.2) is 22.5 Å². The Balaban J connectivity index is 2.02. The molecule has 1 atom stereocenters. The van der Waals surface area contributed by atoms with Gasteiger partial charge in [-0.2, -0.15) is 0 Å². The molecule has 1 unspecified atom stereocenters. The number of carbonyl (C=O) groups is 1. The summed E-state index contributed by atoms with van der Waals surface area (Å²) in [5.74, 6) is -0.529. The maximum Gasteiger partial charge on any atom is 0.227 e. The lowest BCUT2D eigenvalue weighted by molar-refractivity contribution is -0.117. The van der Waals surface area contributed by atoms with Crippen molar-refractivity contribution in [2.75, 3.05) is 11.4 Å².